The van der Waals surface area contributed by atoms with E-state index in [1.165, 1.54) is 12.7 Å². The molecule has 1 saturated carbocycles. The van der Waals surface area contributed by atoms with Gasteiger partial charge in [-0.3, -0.25) is 9.59 Å². The second kappa shape index (κ2) is 21.3. The van der Waals surface area contributed by atoms with Gasteiger partial charge in [0.2, 0.25) is 11.8 Å². The van der Waals surface area contributed by atoms with Crippen molar-refractivity contribution in [1.82, 2.24) is 46.1 Å². The summed E-state index contributed by atoms with van der Waals surface area (Å²) in [6.45, 7) is 6.28. The van der Waals surface area contributed by atoms with Gasteiger partial charge in [-0.2, -0.15) is 0 Å². The number of nitrogens with one attached hydrogen (secondary N) is 5. The Morgan fingerprint density at radius 1 is 0.877 bits per heavy atom. The van der Waals surface area contributed by atoms with Crippen LogP contribution in [0.5, 0.6) is 6.01 Å². The number of urea groups is 1. The molecule has 1 aromatic carbocycles. The zero-order valence-electron chi connectivity index (χ0n) is 33.3. The average molecular weight is 790 g/mol. The van der Waals surface area contributed by atoms with Gasteiger partial charge >= 0.3 is 18.1 Å². The first-order chi connectivity index (χ1) is 27.4. The quantitative estimate of drug-likeness (QED) is 0.116. The van der Waals surface area contributed by atoms with E-state index in [4.69, 9.17) is 9.47 Å². The van der Waals surface area contributed by atoms with Crippen LogP contribution in [0.1, 0.15) is 89.8 Å². The monoisotopic (exact) mass is 789 g/mol. The number of aliphatic hydroxyl groups is 1. The van der Waals surface area contributed by atoms with Gasteiger partial charge in [-0.25, -0.2) is 24.5 Å². The summed E-state index contributed by atoms with van der Waals surface area (Å²) in [7, 11) is 0. The number of hydrogen-bond acceptors (Lipinski definition) is 10. The van der Waals surface area contributed by atoms with E-state index >= 15 is 0 Å². The highest BCUT2D eigenvalue weighted by atomic mass is 16.6. The van der Waals surface area contributed by atoms with Gasteiger partial charge in [-0.05, 0) is 57.6 Å². The number of aliphatic hydroxyl groups excluding tert-OH is 1. The lowest BCUT2D eigenvalue weighted by Crippen LogP contribution is -2.59. The standard InChI is InChI=1S/C41H59N9O7/c1-41(2,3)57-40(55)46-30-15-20-50(21-16-30)39(54)49-33(24-29-13-8-5-9-14-29)36(52)48-34(25-31-26-42-27-45-31)37(53)47-32(23-28-11-6-4-7-12-28)35(51)17-22-56-38-43-18-10-19-44-38/h5,8-10,13-14,18-19,26-28,30,32-35,51H,4,6-7,11-12,15-17,20-25H2,1-3H3,(H,42,45)(H,46,55)(H,47,53)(H,48,52)(H,49,54)/t32-,33-,34-,35-/m0/s1. The van der Waals surface area contributed by atoms with Crippen molar-refractivity contribution in [2.24, 2.45) is 5.92 Å². The van der Waals surface area contributed by atoms with Crippen molar-refractivity contribution in [3.63, 3.8) is 0 Å². The molecule has 0 spiro atoms. The Morgan fingerprint density at radius 2 is 1.56 bits per heavy atom. The minimum atomic E-state index is -1.07. The van der Waals surface area contributed by atoms with Crippen molar-refractivity contribution in [2.45, 2.75) is 127 Å². The Bertz CT molecular complexity index is 1680. The molecule has 4 atom stereocenters. The van der Waals surface area contributed by atoms with Crippen LogP contribution in [0.25, 0.3) is 0 Å². The number of carbonyl (C=O) groups excluding carboxylic acids is 4. The van der Waals surface area contributed by atoms with E-state index in [9.17, 15) is 24.3 Å². The van der Waals surface area contributed by atoms with E-state index in [0.29, 0.717) is 44.0 Å². The van der Waals surface area contributed by atoms with E-state index in [-0.39, 0.29) is 37.9 Å². The molecule has 6 N–H and O–H groups in total. The predicted molar refractivity (Wildman–Crippen MR) is 212 cm³/mol. The SMILES string of the molecule is CC(C)(C)OC(=O)NC1CCN(C(=O)N[C@@H](Cc2ccccc2)C(=O)N[C@@H](Cc2c[nH]cn2)C(=O)N[C@@H](CC2CCCCC2)[C@@H](O)CCOc2ncccn2)CC1. The highest BCUT2D eigenvalue weighted by Crippen LogP contribution is 2.28. The second-order valence-corrected chi connectivity index (χ2v) is 16.0. The summed E-state index contributed by atoms with van der Waals surface area (Å²) in [4.78, 5) is 71.4. The first kappa shape index (κ1) is 42.9. The molecule has 1 aliphatic heterocycles. The Balaban J connectivity index is 1.26. The fraction of sp³-hybridized carbons (Fsp3) is 0.585. The highest BCUT2D eigenvalue weighted by Gasteiger charge is 2.33. The molecule has 1 aliphatic carbocycles. The Hall–Kier alpha value is -5.25. The summed E-state index contributed by atoms with van der Waals surface area (Å²) in [6, 6.07) is 7.96. The smallest absolute Gasteiger partial charge is 0.407 e. The summed E-state index contributed by atoms with van der Waals surface area (Å²) in [5, 5.41) is 23.2. The van der Waals surface area contributed by atoms with Crippen LogP contribution in [0.2, 0.25) is 0 Å². The number of ether oxygens (including phenoxy) is 2. The van der Waals surface area contributed by atoms with Crippen LogP contribution in [0.3, 0.4) is 0 Å². The number of nitrogens with zero attached hydrogens (tertiary/aromatic N) is 4. The molecule has 310 valence electrons. The number of H-pyrrole nitrogens is 1. The first-order valence-corrected chi connectivity index (χ1v) is 20.2. The molecule has 0 unspecified atom stereocenters. The number of alkyl carbamates (subject to hydrolysis) is 1. The summed E-state index contributed by atoms with van der Waals surface area (Å²) in [6.07, 6.45) is 12.4. The summed E-state index contributed by atoms with van der Waals surface area (Å²) in [5.41, 5.74) is 0.760. The third-order valence-electron chi connectivity index (χ3n) is 10.3. The fourth-order valence-electron chi connectivity index (χ4n) is 7.30. The van der Waals surface area contributed by atoms with Crippen LogP contribution in [-0.4, -0.2) is 109 Å². The number of piperidine rings is 1. The van der Waals surface area contributed by atoms with Gasteiger partial charge in [0.15, 0.2) is 0 Å². The van der Waals surface area contributed by atoms with E-state index in [1.54, 1.807) is 50.3 Å². The summed E-state index contributed by atoms with van der Waals surface area (Å²) < 4.78 is 11.0. The first-order valence-electron chi connectivity index (χ1n) is 20.2. The van der Waals surface area contributed by atoms with Gasteiger partial charge in [-0.15, -0.1) is 0 Å². The number of aromatic amines is 1. The number of rotatable bonds is 17. The molecule has 5 rings (SSSR count). The maximum absolute atomic E-state index is 14.2. The van der Waals surface area contributed by atoms with Gasteiger partial charge in [0.05, 0.1) is 30.8 Å². The third-order valence-corrected chi connectivity index (χ3v) is 10.3. The zero-order chi connectivity index (χ0) is 40.6. The molecule has 1 saturated heterocycles. The normalized spacial score (nSPS) is 17.4. The maximum Gasteiger partial charge on any atom is 0.407 e. The molecule has 5 amide bonds. The zero-order valence-corrected chi connectivity index (χ0v) is 33.3. The number of imidazole rings is 1. The number of aromatic nitrogens is 4. The van der Waals surface area contributed by atoms with Crippen molar-refractivity contribution in [2.75, 3.05) is 19.7 Å². The molecule has 0 radical (unpaired) electrons. The summed E-state index contributed by atoms with van der Waals surface area (Å²) >= 11 is 0. The van der Waals surface area contributed by atoms with E-state index in [2.05, 4.69) is 41.2 Å². The fourth-order valence-corrected chi connectivity index (χ4v) is 7.30. The van der Waals surface area contributed by atoms with Crippen molar-refractivity contribution >= 4 is 23.9 Å². The minimum absolute atomic E-state index is 0.0753. The Kier molecular flexibility index (Phi) is 16.0. The van der Waals surface area contributed by atoms with Gasteiger partial charge in [0, 0.05) is 57.0 Å². The van der Waals surface area contributed by atoms with Crippen molar-refractivity contribution in [3.8, 4) is 6.01 Å². The third kappa shape index (κ3) is 14.6. The largest absolute Gasteiger partial charge is 0.463 e. The summed E-state index contributed by atoms with van der Waals surface area (Å²) in [5.74, 6) is -0.673. The van der Waals surface area contributed by atoms with E-state index < -0.39 is 53.8 Å². The van der Waals surface area contributed by atoms with Crippen LogP contribution >= 0.6 is 0 Å². The lowest BCUT2D eigenvalue weighted by atomic mass is 9.83. The van der Waals surface area contributed by atoms with Crippen LogP contribution < -0.4 is 26.0 Å². The second-order valence-electron chi connectivity index (χ2n) is 16.0. The number of amides is 5. The van der Waals surface area contributed by atoms with Crippen LogP contribution in [0.4, 0.5) is 9.59 Å². The molecule has 3 heterocycles. The molecule has 0 bridgehead atoms. The molecular formula is C41H59N9O7. The highest BCUT2D eigenvalue weighted by molar-refractivity contribution is 5.92. The predicted octanol–water partition coefficient (Wildman–Crippen LogP) is 3.82. The molecule has 2 aromatic heterocycles. The molecular weight excluding hydrogens is 731 g/mol. The Labute approximate surface area is 334 Å². The van der Waals surface area contributed by atoms with E-state index in [0.717, 1.165) is 31.2 Å². The molecule has 2 fully saturated rings. The lowest BCUT2D eigenvalue weighted by molar-refractivity contribution is -0.131. The number of benzene rings is 1. The minimum Gasteiger partial charge on any atom is -0.463 e. The van der Waals surface area contributed by atoms with Gasteiger partial charge in [-0.1, -0.05) is 62.4 Å². The topological polar surface area (TPSA) is 213 Å². The Morgan fingerprint density at radius 3 is 2.23 bits per heavy atom. The van der Waals surface area contributed by atoms with Crippen LogP contribution in [0, 0.1) is 5.92 Å². The molecule has 16 heteroatoms. The lowest BCUT2D eigenvalue weighted by Gasteiger charge is -2.34. The van der Waals surface area contributed by atoms with Gasteiger partial charge < -0.3 is 45.7 Å². The molecule has 2 aliphatic rings. The van der Waals surface area contributed by atoms with E-state index in [1.807, 2.05) is 30.3 Å². The molecule has 3 aromatic rings. The van der Waals surface area contributed by atoms with Gasteiger partial charge in [0.1, 0.15) is 17.7 Å². The molecule has 16 nitrogen and oxygen atoms in total. The van der Waals surface area contributed by atoms with Crippen molar-refractivity contribution in [1.29, 1.82) is 0 Å². The number of likely N-dealkylation sites (tertiary alicyclic amines) is 1. The van der Waals surface area contributed by atoms with Crippen LogP contribution in [0.15, 0.2) is 61.3 Å². The van der Waals surface area contributed by atoms with Crippen molar-refractivity contribution < 1.29 is 33.8 Å². The molecule has 57 heavy (non-hydrogen) atoms. The average Bonchev–Trinajstić information content (AvgIpc) is 3.71. The number of hydrogen-bond donors (Lipinski definition) is 6. The van der Waals surface area contributed by atoms with Crippen molar-refractivity contribution in [3.05, 3.63) is 72.6 Å². The van der Waals surface area contributed by atoms with Crippen LogP contribution in [-0.2, 0) is 27.2 Å². The number of carbonyl (C=O) groups is 4. The maximum atomic E-state index is 14.2. The van der Waals surface area contributed by atoms with Gasteiger partial charge in [0.25, 0.3) is 0 Å².